The van der Waals surface area contributed by atoms with Gasteiger partial charge in [-0.1, -0.05) is 30.3 Å². The number of rotatable bonds is 4. The molecule has 2 heterocycles. The number of piperazine rings is 1. The van der Waals surface area contributed by atoms with E-state index in [0.717, 1.165) is 57.1 Å². The Hall–Kier alpha value is -1.60. The highest BCUT2D eigenvalue weighted by Gasteiger charge is 2.29. The third-order valence-electron chi connectivity index (χ3n) is 5.29. The molecule has 0 unspecified atom stereocenters. The first kappa shape index (κ1) is 21.7. The van der Waals surface area contributed by atoms with Crippen LogP contribution in [0.3, 0.4) is 0 Å². The van der Waals surface area contributed by atoms with Gasteiger partial charge in [0.2, 0.25) is 5.95 Å². The van der Waals surface area contributed by atoms with Crippen molar-refractivity contribution in [2.24, 2.45) is 5.73 Å². The molecule has 148 valence electrons. The third kappa shape index (κ3) is 5.23. The second-order valence-electron chi connectivity index (χ2n) is 7.19. The summed E-state index contributed by atoms with van der Waals surface area (Å²) in [5.41, 5.74) is 14.3. The van der Waals surface area contributed by atoms with Crippen LogP contribution in [0.1, 0.15) is 30.0 Å². The lowest BCUT2D eigenvalue weighted by atomic mass is 9.78. The Labute approximate surface area is 173 Å². The van der Waals surface area contributed by atoms with Crippen molar-refractivity contribution in [3.8, 4) is 0 Å². The van der Waals surface area contributed by atoms with E-state index in [-0.39, 0.29) is 24.8 Å². The number of hydrogen-bond acceptors (Lipinski definition) is 6. The van der Waals surface area contributed by atoms with Crippen LogP contribution in [-0.4, -0.2) is 47.1 Å². The van der Waals surface area contributed by atoms with E-state index in [1.165, 1.54) is 5.56 Å². The molecule has 0 atom stereocenters. The van der Waals surface area contributed by atoms with Crippen LogP contribution in [0.15, 0.2) is 36.4 Å². The number of nitrogen functional groups attached to an aromatic ring is 1. The fourth-order valence-electron chi connectivity index (χ4n) is 3.72. The van der Waals surface area contributed by atoms with Crippen molar-refractivity contribution >= 4 is 36.6 Å². The summed E-state index contributed by atoms with van der Waals surface area (Å²) in [6, 6.07) is 13.1. The SMILES string of the molecule is Cl.Cl.Nc1nc(C2CC(N)C2)cc(N2CCN(Cc3ccccc3)CC2)n1. The Bertz CT molecular complexity index is 715. The topological polar surface area (TPSA) is 84.3 Å². The maximum atomic E-state index is 5.96. The maximum absolute atomic E-state index is 5.96. The molecule has 1 saturated carbocycles. The van der Waals surface area contributed by atoms with Crippen LogP contribution >= 0.6 is 24.8 Å². The van der Waals surface area contributed by atoms with Crippen LogP contribution in [0.5, 0.6) is 0 Å². The van der Waals surface area contributed by atoms with E-state index >= 15 is 0 Å². The summed E-state index contributed by atoms with van der Waals surface area (Å²) in [6.45, 7) is 5.00. The van der Waals surface area contributed by atoms with Gasteiger partial charge in [-0.25, -0.2) is 4.98 Å². The summed E-state index contributed by atoms with van der Waals surface area (Å²) < 4.78 is 0. The highest BCUT2D eigenvalue weighted by molar-refractivity contribution is 5.85. The van der Waals surface area contributed by atoms with Crippen molar-refractivity contribution in [1.82, 2.24) is 14.9 Å². The standard InChI is InChI=1S/C19H26N6.2ClH/c20-16-10-15(11-16)17-12-18(23-19(21)22-17)25-8-6-24(7-9-25)13-14-4-2-1-3-5-14;;/h1-5,12,15-16H,6-11,13,20H2,(H2,21,22,23);2*1H. The zero-order chi connectivity index (χ0) is 17.2. The Morgan fingerprint density at radius 2 is 1.63 bits per heavy atom. The molecule has 4 rings (SSSR count). The average molecular weight is 411 g/mol. The maximum Gasteiger partial charge on any atom is 0.222 e. The smallest absolute Gasteiger partial charge is 0.222 e. The van der Waals surface area contributed by atoms with Crippen LogP contribution in [0.4, 0.5) is 11.8 Å². The van der Waals surface area contributed by atoms with E-state index < -0.39 is 0 Å². The molecule has 1 aliphatic carbocycles. The van der Waals surface area contributed by atoms with Crippen molar-refractivity contribution in [3.63, 3.8) is 0 Å². The second-order valence-corrected chi connectivity index (χ2v) is 7.19. The van der Waals surface area contributed by atoms with Gasteiger partial charge in [0, 0.05) is 50.7 Å². The number of benzene rings is 1. The number of nitrogens with two attached hydrogens (primary N) is 2. The third-order valence-corrected chi connectivity index (χ3v) is 5.29. The quantitative estimate of drug-likeness (QED) is 0.804. The van der Waals surface area contributed by atoms with Gasteiger partial charge in [-0.05, 0) is 18.4 Å². The molecular weight excluding hydrogens is 383 g/mol. The van der Waals surface area contributed by atoms with Crippen molar-refractivity contribution in [3.05, 3.63) is 47.7 Å². The van der Waals surface area contributed by atoms with Gasteiger partial charge in [-0.2, -0.15) is 4.98 Å². The van der Waals surface area contributed by atoms with Gasteiger partial charge in [0.1, 0.15) is 5.82 Å². The summed E-state index contributed by atoms with van der Waals surface area (Å²) in [4.78, 5) is 13.7. The number of halogens is 2. The summed E-state index contributed by atoms with van der Waals surface area (Å²) >= 11 is 0. The highest BCUT2D eigenvalue weighted by Crippen LogP contribution is 2.36. The minimum Gasteiger partial charge on any atom is -0.368 e. The lowest BCUT2D eigenvalue weighted by Crippen LogP contribution is -2.46. The molecule has 2 aliphatic rings. The Kier molecular flexibility index (Phi) is 7.68. The molecule has 2 fully saturated rings. The molecule has 1 saturated heterocycles. The minimum atomic E-state index is 0. The Morgan fingerprint density at radius 1 is 0.963 bits per heavy atom. The van der Waals surface area contributed by atoms with E-state index in [1.54, 1.807) is 0 Å². The number of hydrogen-bond donors (Lipinski definition) is 2. The van der Waals surface area contributed by atoms with Crippen molar-refractivity contribution in [2.75, 3.05) is 36.8 Å². The van der Waals surface area contributed by atoms with Crippen molar-refractivity contribution in [2.45, 2.75) is 31.3 Å². The molecule has 8 heteroatoms. The predicted molar refractivity (Wildman–Crippen MR) is 115 cm³/mol. The van der Waals surface area contributed by atoms with E-state index in [0.29, 0.717) is 17.9 Å². The van der Waals surface area contributed by atoms with Gasteiger partial charge >= 0.3 is 0 Å². The van der Waals surface area contributed by atoms with Gasteiger partial charge in [0.15, 0.2) is 0 Å². The van der Waals surface area contributed by atoms with Crippen molar-refractivity contribution in [1.29, 1.82) is 0 Å². The normalized spacial score (nSPS) is 22.3. The van der Waals surface area contributed by atoms with Gasteiger partial charge < -0.3 is 16.4 Å². The monoisotopic (exact) mass is 410 g/mol. The Balaban J connectivity index is 0.00000131. The molecule has 1 aromatic carbocycles. The van der Waals surface area contributed by atoms with E-state index in [4.69, 9.17) is 11.5 Å². The molecule has 4 N–H and O–H groups in total. The number of anilines is 2. The van der Waals surface area contributed by atoms with E-state index in [9.17, 15) is 0 Å². The first-order chi connectivity index (χ1) is 12.2. The lowest BCUT2D eigenvalue weighted by molar-refractivity contribution is 0.249. The summed E-state index contributed by atoms with van der Waals surface area (Å²) in [6.07, 6.45) is 2.00. The highest BCUT2D eigenvalue weighted by atomic mass is 35.5. The van der Waals surface area contributed by atoms with Gasteiger partial charge in [-0.3, -0.25) is 4.90 Å². The van der Waals surface area contributed by atoms with Gasteiger partial charge in [0.25, 0.3) is 0 Å². The lowest BCUT2D eigenvalue weighted by Gasteiger charge is -2.36. The molecule has 0 bridgehead atoms. The summed E-state index contributed by atoms with van der Waals surface area (Å²) in [7, 11) is 0. The average Bonchev–Trinajstić information content (AvgIpc) is 2.60. The zero-order valence-corrected chi connectivity index (χ0v) is 17.0. The zero-order valence-electron chi connectivity index (χ0n) is 15.3. The summed E-state index contributed by atoms with van der Waals surface area (Å²) in [5.74, 6) is 1.78. The van der Waals surface area contributed by atoms with Crippen LogP contribution in [0, 0.1) is 0 Å². The van der Waals surface area contributed by atoms with Crippen LogP contribution in [-0.2, 0) is 6.54 Å². The summed E-state index contributed by atoms with van der Waals surface area (Å²) in [5, 5.41) is 0. The largest absolute Gasteiger partial charge is 0.368 e. The molecule has 6 nitrogen and oxygen atoms in total. The fraction of sp³-hybridized carbons (Fsp3) is 0.474. The Morgan fingerprint density at radius 3 is 2.26 bits per heavy atom. The van der Waals surface area contributed by atoms with Gasteiger partial charge in [0.05, 0.1) is 5.69 Å². The molecule has 0 amide bonds. The number of aromatic nitrogens is 2. The van der Waals surface area contributed by atoms with E-state index in [1.807, 2.05) is 0 Å². The van der Waals surface area contributed by atoms with Crippen molar-refractivity contribution < 1.29 is 0 Å². The first-order valence-electron chi connectivity index (χ1n) is 9.08. The number of nitrogens with zero attached hydrogens (tertiary/aromatic N) is 4. The fourth-order valence-corrected chi connectivity index (χ4v) is 3.72. The van der Waals surface area contributed by atoms with Crippen LogP contribution in [0.2, 0.25) is 0 Å². The van der Waals surface area contributed by atoms with Crippen LogP contribution in [0.25, 0.3) is 0 Å². The van der Waals surface area contributed by atoms with Crippen LogP contribution < -0.4 is 16.4 Å². The first-order valence-corrected chi connectivity index (χ1v) is 9.08. The van der Waals surface area contributed by atoms with Gasteiger partial charge in [-0.15, -0.1) is 24.8 Å². The molecule has 27 heavy (non-hydrogen) atoms. The second kappa shape index (κ2) is 9.55. The molecule has 0 spiro atoms. The molecular formula is C19H28Cl2N6. The molecule has 1 aromatic heterocycles. The molecule has 0 radical (unpaired) electrons. The molecule has 1 aliphatic heterocycles. The minimum absolute atomic E-state index is 0. The molecule has 2 aromatic rings. The van der Waals surface area contributed by atoms with E-state index in [2.05, 4.69) is 56.2 Å². The predicted octanol–water partition coefficient (Wildman–Crippen LogP) is 2.43.